The summed E-state index contributed by atoms with van der Waals surface area (Å²) in [5, 5.41) is 6.90. The summed E-state index contributed by atoms with van der Waals surface area (Å²) in [5.74, 6) is 1.01. The predicted molar refractivity (Wildman–Crippen MR) is 117 cm³/mol. The van der Waals surface area contributed by atoms with E-state index in [2.05, 4.69) is 32.1 Å². The Morgan fingerprint density at radius 3 is 2.76 bits per heavy atom. The van der Waals surface area contributed by atoms with Gasteiger partial charge >= 0.3 is 0 Å². The molecule has 2 heterocycles. The number of aromatic nitrogens is 2. The summed E-state index contributed by atoms with van der Waals surface area (Å²) in [6, 6.07) is 3.62. The molecule has 1 saturated heterocycles. The van der Waals surface area contributed by atoms with Crippen LogP contribution in [-0.4, -0.2) is 47.5 Å². The molecule has 1 amide bonds. The van der Waals surface area contributed by atoms with Crippen LogP contribution in [0, 0.1) is 0 Å². The van der Waals surface area contributed by atoms with Crippen LogP contribution < -0.4 is 15.4 Å². The van der Waals surface area contributed by atoms with Gasteiger partial charge in [0.05, 0.1) is 18.3 Å². The van der Waals surface area contributed by atoms with Crippen molar-refractivity contribution in [1.82, 2.24) is 14.9 Å². The summed E-state index contributed by atoms with van der Waals surface area (Å²) in [6.07, 6.45) is 9.54. The normalized spacial score (nSPS) is 14.8. The number of amides is 1. The number of nitrogens with zero attached hydrogens (tertiary/aromatic N) is 3. The van der Waals surface area contributed by atoms with Crippen molar-refractivity contribution in [3.8, 4) is 5.75 Å². The van der Waals surface area contributed by atoms with Gasteiger partial charge in [-0.2, -0.15) is 0 Å². The number of likely N-dealkylation sites (tertiary alicyclic amines) is 1. The lowest BCUT2D eigenvalue weighted by molar-refractivity contribution is -0.111. The van der Waals surface area contributed by atoms with Gasteiger partial charge in [-0.1, -0.05) is 26.0 Å². The summed E-state index contributed by atoms with van der Waals surface area (Å²) >= 11 is 0. The van der Waals surface area contributed by atoms with E-state index in [9.17, 15) is 4.79 Å². The van der Waals surface area contributed by atoms with E-state index in [1.165, 1.54) is 25.6 Å². The predicted octanol–water partition coefficient (Wildman–Crippen LogP) is 3.95. The van der Waals surface area contributed by atoms with Crippen LogP contribution in [0.3, 0.4) is 0 Å². The Kier molecular flexibility index (Phi) is 7.19. The highest BCUT2D eigenvalue weighted by Crippen LogP contribution is 2.32. The first kappa shape index (κ1) is 20.8. The molecule has 7 nitrogen and oxygen atoms in total. The minimum atomic E-state index is -0.191. The van der Waals surface area contributed by atoms with Crippen LogP contribution in [0.15, 0.2) is 42.9 Å². The van der Waals surface area contributed by atoms with Gasteiger partial charge in [-0.25, -0.2) is 9.97 Å². The molecule has 0 saturated carbocycles. The van der Waals surface area contributed by atoms with Crippen LogP contribution in [0.25, 0.3) is 10.9 Å². The standard InChI is InChI=1S/C22H29N5O2/c1-4-16(2)25-22-17-13-19(20(29-3)14-18(17)23-15-24-22)26-21(28)9-8-12-27-10-6-5-7-11-27/h8-9,13-15H,2,4-7,10-12H2,1,3H3,(H,26,28)(H,23,24,25)/b9-8+. The molecule has 7 heteroatoms. The molecule has 2 aromatic rings. The van der Waals surface area contributed by atoms with E-state index in [4.69, 9.17) is 4.74 Å². The molecule has 0 radical (unpaired) electrons. The van der Waals surface area contributed by atoms with Crippen molar-refractivity contribution in [2.24, 2.45) is 0 Å². The lowest BCUT2D eigenvalue weighted by Gasteiger charge is -2.24. The van der Waals surface area contributed by atoms with E-state index in [1.807, 2.05) is 19.1 Å². The summed E-state index contributed by atoms with van der Waals surface area (Å²) in [5.41, 5.74) is 2.15. The Labute approximate surface area is 171 Å². The summed E-state index contributed by atoms with van der Waals surface area (Å²) in [7, 11) is 1.57. The molecular formula is C22H29N5O2. The number of hydrogen-bond acceptors (Lipinski definition) is 6. The van der Waals surface area contributed by atoms with Crippen LogP contribution in [0.4, 0.5) is 11.5 Å². The van der Waals surface area contributed by atoms with Crippen LogP contribution in [0.5, 0.6) is 5.75 Å². The van der Waals surface area contributed by atoms with Crippen molar-refractivity contribution in [3.05, 3.63) is 42.9 Å². The number of anilines is 2. The van der Waals surface area contributed by atoms with Gasteiger partial charge in [-0.15, -0.1) is 0 Å². The molecule has 0 spiro atoms. The van der Waals surface area contributed by atoms with Crippen LogP contribution in [0.2, 0.25) is 0 Å². The molecule has 0 aliphatic carbocycles. The molecular weight excluding hydrogens is 366 g/mol. The molecule has 3 rings (SSSR count). The minimum Gasteiger partial charge on any atom is -0.494 e. The van der Waals surface area contributed by atoms with Gasteiger partial charge in [0, 0.05) is 29.8 Å². The molecule has 1 aliphatic rings. The second-order valence-electron chi connectivity index (χ2n) is 7.13. The average molecular weight is 396 g/mol. The molecule has 29 heavy (non-hydrogen) atoms. The summed E-state index contributed by atoms with van der Waals surface area (Å²) < 4.78 is 5.45. The Morgan fingerprint density at radius 2 is 2.03 bits per heavy atom. The second-order valence-corrected chi connectivity index (χ2v) is 7.13. The number of methoxy groups -OCH3 is 1. The first-order chi connectivity index (χ1) is 14.1. The molecule has 0 bridgehead atoms. The third kappa shape index (κ3) is 5.54. The number of piperidine rings is 1. The molecule has 2 N–H and O–H groups in total. The van der Waals surface area contributed by atoms with E-state index >= 15 is 0 Å². The first-order valence-electron chi connectivity index (χ1n) is 10.1. The number of hydrogen-bond donors (Lipinski definition) is 2. The van der Waals surface area contributed by atoms with E-state index in [0.29, 0.717) is 17.3 Å². The first-order valence-corrected chi connectivity index (χ1v) is 10.1. The van der Waals surface area contributed by atoms with Gasteiger partial charge in [0.25, 0.3) is 0 Å². The van der Waals surface area contributed by atoms with Gasteiger partial charge in [-0.3, -0.25) is 9.69 Å². The third-order valence-electron chi connectivity index (χ3n) is 5.02. The van der Waals surface area contributed by atoms with Crippen molar-refractivity contribution < 1.29 is 9.53 Å². The highest BCUT2D eigenvalue weighted by atomic mass is 16.5. The van der Waals surface area contributed by atoms with E-state index in [1.54, 1.807) is 19.3 Å². The monoisotopic (exact) mass is 395 g/mol. The Morgan fingerprint density at radius 1 is 1.24 bits per heavy atom. The summed E-state index contributed by atoms with van der Waals surface area (Å²) in [6.45, 7) is 8.99. The molecule has 1 aromatic carbocycles. The maximum atomic E-state index is 12.4. The largest absolute Gasteiger partial charge is 0.494 e. The number of carbonyl (C=O) groups excluding carboxylic acids is 1. The quantitative estimate of drug-likeness (QED) is 0.659. The number of carbonyl (C=O) groups is 1. The Balaban J connectivity index is 1.77. The number of benzene rings is 1. The number of rotatable bonds is 8. The Hall–Kier alpha value is -2.93. The SMILES string of the molecule is C=C(CC)Nc1ncnc2cc(OC)c(NC(=O)/C=C/CN3CCCCC3)cc12. The lowest BCUT2D eigenvalue weighted by atomic mass is 10.1. The van der Waals surface area contributed by atoms with Crippen molar-refractivity contribution >= 4 is 28.3 Å². The third-order valence-corrected chi connectivity index (χ3v) is 5.02. The van der Waals surface area contributed by atoms with Crippen molar-refractivity contribution in [2.75, 3.05) is 37.4 Å². The van der Waals surface area contributed by atoms with Crippen LogP contribution in [0.1, 0.15) is 32.6 Å². The minimum absolute atomic E-state index is 0.191. The van der Waals surface area contributed by atoms with Crippen molar-refractivity contribution in [3.63, 3.8) is 0 Å². The summed E-state index contributed by atoms with van der Waals surface area (Å²) in [4.78, 5) is 23.4. The topological polar surface area (TPSA) is 79.4 Å². The molecule has 0 unspecified atom stereocenters. The molecule has 1 aliphatic heterocycles. The average Bonchev–Trinajstić information content (AvgIpc) is 2.74. The van der Waals surface area contributed by atoms with Crippen molar-refractivity contribution in [2.45, 2.75) is 32.6 Å². The highest BCUT2D eigenvalue weighted by molar-refractivity contribution is 6.03. The maximum Gasteiger partial charge on any atom is 0.248 e. The molecule has 1 aromatic heterocycles. The molecule has 154 valence electrons. The van der Waals surface area contributed by atoms with Gasteiger partial charge in [0.1, 0.15) is 17.9 Å². The zero-order valence-electron chi connectivity index (χ0n) is 17.2. The van der Waals surface area contributed by atoms with Gasteiger partial charge < -0.3 is 15.4 Å². The van der Waals surface area contributed by atoms with E-state index in [0.717, 1.165) is 42.7 Å². The molecule has 0 atom stereocenters. The zero-order valence-corrected chi connectivity index (χ0v) is 17.2. The lowest BCUT2D eigenvalue weighted by Crippen LogP contribution is -2.29. The van der Waals surface area contributed by atoms with Gasteiger partial charge in [0.2, 0.25) is 5.91 Å². The van der Waals surface area contributed by atoms with Crippen LogP contribution in [-0.2, 0) is 4.79 Å². The van der Waals surface area contributed by atoms with Crippen molar-refractivity contribution in [1.29, 1.82) is 0 Å². The fourth-order valence-corrected chi connectivity index (χ4v) is 3.33. The second kappa shape index (κ2) is 10.0. The van der Waals surface area contributed by atoms with E-state index < -0.39 is 0 Å². The smallest absolute Gasteiger partial charge is 0.248 e. The number of fused-ring (bicyclic) bond motifs is 1. The molecule has 1 fully saturated rings. The fraction of sp³-hybridized carbons (Fsp3) is 0.409. The number of allylic oxidation sites excluding steroid dienone is 1. The van der Waals surface area contributed by atoms with Gasteiger partial charge in [-0.05, 0) is 38.4 Å². The number of ether oxygens (including phenoxy) is 1. The zero-order chi connectivity index (χ0) is 20.6. The highest BCUT2D eigenvalue weighted by Gasteiger charge is 2.13. The van der Waals surface area contributed by atoms with Gasteiger partial charge in [0.15, 0.2) is 0 Å². The van der Waals surface area contributed by atoms with E-state index in [-0.39, 0.29) is 5.91 Å². The number of nitrogens with one attached hydrogen (secondary N) is 2. The maximum absolute atomic E-state index is 12.4. The van der Waals surface area contributed by atoms with Crippen LogP contribution >= 0.6 is 0 Å². The fourth-order valence-electron chi connectivity index (χ4n) is 3.33. The Bertz CT molecular complexity index is 903.